The summed E-state index contributed by atoms with van der Waals surface area (Å²) in [6.07, 6.45) is -11.9. The minimum absolute atomic E-state index is 0.0455. The van der Waals surface area contributed by atoms with Crippen molar-refractivity contribution < 1.29 is 55.6 Å². The Morgan fingerprint density at radius 3 is 2.39 bits per heavy atom. The Balaban J connectivity index is 1.37. The molecule has 0 saturated carbocycles. The van der Waals surface area contributed by atoms with Gasteiger partial charge in [-0.25, -0.2) is 4.79 Å². The van der Waals surface area contributed by atoms with Crippen LogP contribution in [0, 0.1) is 0 Å². The molecule has 2 unspecified atom stereocenters. The van der Waals surface area contributed by atoms with Gasteiger partial charge in [-0.15, -0.1) is 0 Å². The highest BCUT2D eigenvalue weighted by Gasteiger charge is 2.71. The highest BCUT2D eigenvalue weighted by molar-refractivity contribution is 5.79. The number of aryl methyl sites for hydroxylation is 1. The quantitative estimate of drug-likeness (QED) is 0.262. The number of carbonyl (C=O) groups is 1. The number of fused-ring (bicyclic) bond motifs is 1. The van der Waals surface area contributed by atoms with Crippen molar-refractivity contribution >= 4 is 6.03 Å². The number of hydrogen-bond donors (Lipinski definition) is 3. The molecule has 41 heavy (non-hydrogen) atoms. The summed E-state index contributed by atoms with van der Waals surface area (Å²) in [5.41, 5.74) is -6.78. The molecule has 14 heteroatoms. The Bertz CT molecular complexity index is 1260. The van der Waals surface area contributed by atoms with Gasteiger partial charge in [0.1, 0.15) is 11.3 Å². The van der Waals surface area contributed by atoms with Crippen molar-refractivity contribution in [3.05, 3.63) is 53.1 Å². The van der Waals surface area contributed by atoms with Crippen molar-refractivity contribution in [1.82, 2.24) is 10.2 Å². The second-order valence-corrected chi connectivity index (χ2v) is 10.1. The first-order valence-electron chi connectivity index (χ1n) is 12.9. The fourth-order valence-corrected chi connectivity index (χ4v) is 4.91. The maximum Gasteiger partial charge on any atom is 0.430 e. The third-order valence-corrected chi connectivity index (χ3v) is 7.28. The van der Waals surface area contributed by atoms with E-state index in [0.717, 1.165) is 6.07 Å². The topological polar surface area (TPSA) is 100 Å². The molecular formula is C27H30F6N2O6. The number of rotatable bonds is 10. The summed E-state index contributed by atoms with van der Waals surface area (Å²) in [5.74, 6) is 1.15. The lowest BCUT2D eigenvalue weighted by atomic mass is 9.90. The lowest BCUT2D eigenvalue weighted by Gasteiger charge is -2.33. The number of amides is 2. The van der Waals surface area contributed by atoms with Gasteiger partial charge in [0.2, 0.25) is 6.79 Å². The Morgan fingerprint density at radius 1 is 1.05 bits per heavy atom. The minimum atomic E-state index is -5.98. The van der Waals surface area contributed by atoms with Crippen LogP contribution in [-0.4, -0.2) is 59.7 Å². The highest BCUT2D eigenvalue weighted by atomic mass is 19.4. The van der Waals surface area contributed by atoms with E-state index in [9.17, 15) is 41.4 Å². The van der Waals surface area contributed by atoms with Crippen molar-refractivity contribution in [2.24, 2.45) is 0 Å². The van der Waals surface area contributed by atoms with Crippen LogP contribution in [0.3, 0.4) is 0 Å². The molecule has 2 aromatic rings. The zero-order valence-corrected chi connectivity index (χ0v) is 22.2. The van der Waals surface area contributed by atoms with E-state index in [1.165, 1.54) is 4.90 Å². The normalized spacial score (nSPS) is 20.9. The smallest absolute Gasteiger partial charge is 0.430 e. The molecular weight excluding hydrogens is 562 g/mol. The van der Waals surface area contributed by atoms with Crippen LogP contribution >= 0.6 is 0 Å². The number of urea groups is 1. The molecule has 8 nitrogen and oxygen atoms in total. The second kappa shape index (κ2) is 11.1. The van der Waals surface area contributed by atoms with E-state index in [1.807, 2.05) is 0 Å². The van der Waals surface area contributed by atoms with Crippen molar-refractivity contribution in [2.45, 2.75) is 69.3 Å². The second-order valence-electron chi connectivity index (χ2n) is 10.1. The molecule has 2 aliphatic rings. The van der Waals surface area contributed by atoms with Crippen LogP contribution in [-0.2, 0) is 17.6 Å². The molecule has 3 N–H and O–H groups in total. The molecule has 0 bridgehead atoms. The van der Waals surface area contributed by atoms with E-state index >= 15 is 0 Å². The summed E-state index contributed by atoms with van der Waals surface area (Å²) in [6.45, 7) is 3.64. The van der Waals surface area contributed by atoms with Crippen molar-refractivity contribution in [3.63, 3.8) is 0 Å². The van der Waals surface area contributed by atoms with Gasteiger partial charge in [0.05, 0.1) is 6.61 Å². The van der Waals surface area contributed by atoms with Gasteiger partial charge < -0.3 is 29.7 Å². The van der Waals surface area contributed by atoms with Gasteiger partial charge in [-0.1, -0.05) is 25.5 Å². The fourth-order valence-electron chi connectivity index (χ4n) is 4.91. The number of nitrogens with one attached hydrogen (secondary N) is 1. The van der Waals surface area contributed by atoms with E-state index in [2.05, 4.69) is 5.32 Å². The molecule has 2 atom stereocenters. The summed E-state index contributed by atoms with van der Waals surface area (Å²) >= 11 is 0. The number of halogens is 6. The van der Waals surface area contributed by atoms with Gasteiger partial charge in [0, 0.05) is 12.1 Å². The highest BCUT2D eigenvalue weighted by Crippen LogP contribution is 2.50. The molecule has 226 valence electrons. The Labute approximate surface area is 231 Å². The number of carbonyl (C=O) groups excluding carboxylic acids is 1. The van der Waals surface area contributed by atoms with Gasteiger partial charge in [0.25, 0.3) is 5.60 Å². The first-order chi connectivity index (χ1) is 19.1. The largest absolute Gasteiger partial charge is 0.493 e. The zero-order valence-electron chi connectivity index (χ0n) is 22.2. The molecule has 0 aliphatic carbocycles. The van der Waals surface area contributed by atoms with Crippen LogP contribution in [0.2, 0.25) is 0 Å². The minimum Gasteiger partial charge on any atom is -0.493 e. The van der Waals surface area contributed by atoms with Gasteiger partial charge in [-0.2, -0.15) is 26.3 Å². The zero-order chi connectivity index (χ0) is 30.2. The first-order valence-corrected chi connectivity index (χ1v) is 12.9. The number of aliphatic hydroxyl groups is 2. The maximum atomic E-state index is 13.3. The predicted octanol–water partition coefficient (Wildman–Crippen LogP) is 5.10. The average molecular weight is 593 g/mol. The average Bonchev–Trinajstić information content (AvgIpc) is 3.45. The number of nitrogens with zero attached hydrogens (tertiary/aromatic N) is 1. The Hall–Kier alpha value is -3.39. The molecule has 2 aliphatic heterocycles. The van der Waals surface area contributed by atoms with Gasteiger partial charge in [-0.3, -0.25) is 4.90 Å². The maximum absolute atomic E-state index is 13.3. The summed E-state index contributed by atoms with van der Waals surface area (Å²) in [6, 6.07) is 6.82. The monoisotopic (exact) mass is 592 g/mol. The summed E-state index contributed by atoms with van der Waals surface area (Å²) in [4.78, 5) is 13.9. The van der Waals surface area contributed by atoms with Gasteiger partial charge >= 0.3 is 18.4 Å². The molecule has 2 heterocycles. The Kier molecular flexibility index (Phi) is 8.29. The third kappa shape index (κ3) is 5.59. The molecule has 2 amide bonds. The van der Waals surface area contributed by atoms with Crippen LogP contribution in [0.5, 0.6) is 17.2 Å². The molecule has 1 saturated heterocycles. The molecule has 0 spiro atoms. The van der Waals surface area contributed by atoms with E-state index in [0.29, 0.717) is 48.5 Å². The third-order valence-electron chi connectivity index (χ3n) is 7.28. The van der Waals surface area contributed by atoms with E-state index in [1.54, 1.807) is 32.0 Å². The van der Waals surface area contributed by atoms with Crippen LogP contribution in [0.25, 0.3) is 0 Å². The first kappa shape index (κ1) is 30.6. The van der Waals surface area contributed by atoms with Crippen LogP contribution in [0.1, 0.15) is 49.8 Å². The van der Waals surface area contributed by atoms with Crippen molar-refractivity contribution in [3.8, 4) is 17.2 Å². The van der Waals surface area contributed by atoms with Crippen LogP contribution < -0.4 is 19.5 Å². The van der Waals surface area contributed by atoms with Gasteiger partial charge in [0.15, 0.2) is 17.7 Å². The summed E-state index contributed by atoms with van der Waals surface area (Å²) < 4.78 is 96.2. The molecule has 0 aromatic heterocycles. The van der Waals surface area contributed by atoms with Gasteiger partial charge in [-0.05, 0) is 61.6 Å². The summed E-state index contributed by atoms with van der Waals surface area (Å²) in [7, 11) is 0. The lowest BCUT2D eigenvalue weighted by molar-refractivity contribution is -0.376. The fraction of sp³-hybridized carbons (Fsp3) is 0.519. The number of benzene rings is 2. The standard InChI is InChI=1S/C27H30F6N2O6/c1-3-6-16-13-18(25(38,26(28,29)30)27(31,32)33)8-9-19(16)39-12-5-4-11-35-22(36)24(2,34-23(35)37)17-7-10-20-21(14-17)41-15-40-20/h7-10,13-14,22,36,38H,3-6,11-12,15H2,1-2H3,(H,34,37). The molecule has 2 aromatic carbocycles. The number of hydrogen-bond acceptors (Lipinski definition) is 6. The summed E-state index contributed by atoms with van der Waals surface area (Å²) in [5, 5.41) is 23.5. The predicted molar refractivity (Wildman–Crippen MR) is 132 cm³/mol. The van der Waals surface area contributed by atoms with Crippen LogP contribution in [0.15, 0.2) is 36.4 Å². The molecule has 1 fully saturated rings. The van der Waals surface area contributed by atoms with Crippen molar-refractivity contribution in [1.29, 1.82) is 0 Å². The Morgan fingerprint density at radius 2 is 1.73 bits per heavy atom. The molecule has 4 rings (SSSR count). The van der Waals surface area contributed by atoms with E-state index < -0.39 is 41.3 Å². The molecule has 0 radical (unpaired) electrons. The number of unbranched alkanes of at least 4 members (excludes halogenated alkanes) is 1. The van der Waals surface area contributed by atoms with Crippen LogP contribution in [0.4, 0.5) is 31.1 Å². The van der Waals surface area contributed by atoms with E-state index in [4.69, 9.17) is 14.2 Å². The SMILES string of the molecule is CCCc1cc(C(O)(C(F)(F)F)C(F)(F)F)ccc1OCCCCN1C(=O)NC(C)(c2ccc3c(c2)OCO3)C1O. The number of ether oxygens (including phenoxy) is 3. The number of aliphatic hydroxyl groups excluding tert-OH is 1. The van der Waals surface area contributed by atoms with E-state index in [-0.39, 0.29) is 37.7 Å². The van der Waals surface area contributed by atoms with Crippen molar-refractivity contribution in [2.75, 3.05) is 19.9 Å². The number of alkyl halides is 6. The lowest BCUT2D eigenvalue weighted by Crippen LogP contribution is -2.53.